The van der Waals surface area contributed by atoms with Crippen molar-refractivity contribution >= 4 is 28.7 Å². The molecule has 22 heavy (non-hydrogen) atoms. The molecular weight excluding hydrogens is 325 g/mol. The lowest BCUT2D eigenvalue weighted by atomic mass is 10.4. The molecule has 1 aliphatic rings. The molecule has 1 unspecified atom stereocenters. The normalized spacial score (nSPS) is 18.8. The van der Waals surface area contributed by atoms with E-state index in [1.165, 1.54) is 6.92 Å². The highest BCUT2D eigenvalue weighted by atomic mass is 32.2. The van der Waals surface area contributed by atoms with E-state index in [-0.39, 0.29) is 24.1 Å². The predicted octanol–water partition coefficient (Wildman–Crippen LogP) is 0.361. The van der Waals surface area contributed by atoms with E-state index in [1.807, 2.05) is 0 Å². The number of aromatic nitrogens is 2. The van der Waals surface area contributed by atoms with Gasteiger partial charge in [0.15, 0.2) is 10.8 Å². The Morgan fingerprint density at radius 2 is 2.09 bits per heavy atom. The van der Waals surface area contributed by atoms with Crippen LogP contribution in [0.2, 0.25) is 0 Å². The van der Waals surface area contributed by atoms with E-state index in [0.717, 1.165) is 16.7 Å². The molecule has 2 rings (SSSR count). The number of halogens is 3. The van der Waals surface area contributed by atoms with E-state index in [2.05, 4.69) is 4.98 Å². The van der Waals surface area contributed by atoms with Crippen molar-refractivity contribution in [3.63, 3.8) is 0 Å². The van der Waals surface area contributed by atoms with E-state index in [9.17, 15) is 27.6 Å². The molecule has 0 spiro atoms. The number of alkyl halides is 3. The quantitative estimate of drug-likeness (QED) is 0.783. The monoisotopic (exact) mass is 336 g/mol. The minimum atomic E-state index is -4.83. The summed E-state index contributed by atoms with van der Waals surface area (Å²) in [5, 5.41) is -0.641. The number of rotatable bonds is 2. The van der Waals surface area contributed by atoms with Gasteiger partial charge in [0.2, 0.25) is 11.9 Å². The summed E-state index contributed by atoms with van der Waals surface area (Å²) in [6.07, 6.45) is -4.88. The van der Waals surface area contributed by atoms with Gasteiger partial charge < -0.3 is 5.84 Å². The van der Waals surface area contributed by atoms with Crippen LogP contribution in [0.25, 0.3) is 0 Å². The Hall–Kier alpha value is -2.04. The maximum absolute atomic E-state index is 12.7. The van der Waals surface area contributed by atoms with Gasteiger partial charge >= 0.3 is 6.18 Å². The highest BCUT2D eigenvalue weighted by Crippen LogP contribution is 2.30. The minimum Gasteiger partial charge on any atom is -0.333 e. The topological polar surface area (TPSA) is 98.3 Å². The second-order valence-electron chi connectivity index (χ2n) is 4.59. The summed E-state index contributed by atoms with van der Waals surface area (Å²) in [4.78, 5) is 38.6. The highest BCUT2D eigenvalue weighted by molar-refractivity contribution is 8.14. The molecule has 2 N–H and O–H groups in total. The summed E-state index contributed by atoms with van der Waals surface area (Å²) < 4.78 is 38.5. The number of anilines is 1. The number of carbonyl (C=O) groups is 2. The van der Waals surface area contributed by atoms with Crippen LogP contribution in [-0.4, -0.2) is 32.5 Å². The van der Waals surface area contributed by atoms with Crippen molar-refractivity contribution < 1.29 is 22.8 Å². The van der Waals surface area contributed by atoms with E-state index in [0.29, 0.717) is 4.68 Å². The Labute approximate surface area is 126 Å². The summed E-state index contributed by atoms with van der Waals surface area (Å²) in [5.41, 5.74) is -2.56. The van der Waals surface area contributed by atoms with Crippen molar-refractivity contribution in [1.29, 1.82) is 0 Å². The molecule has 1 saturated heterocycles. The first-order valence-corrected chi connectivity index (χ1v) is 6.91. The van der Waals surface area contributed by atoms with Crippen molar-refractivity contribution in [3.05, 3.63) is 22.1 Å². The molecule has 7 nitrogen and oxygen atoms in total. The fourth-order valence-electron chi connectivity index (χ4n) is 2.00. The van der Waals surface area contributed by atoms with Gasteiger partial charge in [-0.15, -0.1) is 0 Å². The maximum Gasteiger partial charge on any atom is 0.433 e. The van der Waals surface area contributed by atoms with Crippen LogP contribution in [0.1, 0.15) is 19.0 Å². The molecule has 11 heteroatoms. The average molecular weight is 336 g/mol. The van der Waals surface area contributed by atoms with Crippen LogP contribution in [0, 0.1) is 0 Å². The number of carbonyl (C=O) groups excluding carboxylic acids is 2. The lowest BCUT2D eigenvalue weighted by Gasteiger charge is -2.19. The number of thioether (sulfide) groups is 1. The molecule has 0 aromatic carbocycles. The van der Waals surface area contributed by atoms with Gasteiger partial charge in [-0.2, -0.15) is 17.8 Å². The molecule has 1 aliphatic heterocycles. The van der Waals surface area contributed by atoms with Crippen LogP contribution in [0.15, 0.2) is 10.9 Å². The first-order chi connectivity index (χ1) is 10.1. The van der Waals surface area contributed by atoms with E-state index >= 15 is 0 Å². The van der Waals surface area contributed by atoms with Gasteiger partial charge in [0, 0.05) is 31.2 Å². The molecule has 1 aromatic rings. The van der Waals surface area contributed by atoms with Crippen LogP contribution in [0.5, 0.6) is 0 Å². The Morgan fingerprint density at radius 1 is 1.45 bits per heavy atom. The molecule has 0 saturated carbocycles. The van der Waals surface area contributed by atoms with Crippen LogP contribution in [0.4, 0.5) is 19.1 Å². The van der Waals surface area contributed by atoms with Gasteiger partial charge in [0.05, 0.1) is 0 Å². The predicted molar refractivity (Wildman–Crippen MR) is 72.7 cm³/mol. The SMILES string of the molecule is CC(=O)SC1CC(=O)N(c2nc(C(F)(F)F)cc(=O)n2N)C1. The Morgan fingerprint density at radius 3 is 2.64 bits per heavy atom. The maximum atomic E-state index is 12.7. The molecule has 0 bridgehead atoms. The van der Waals surface area contributed by atoms with Crippen molar-refractivity contribution in [2.75, 3.05) is 17.3 Å². The van der Waals surface area contributed by atoms with Crippen LogP contribution < -0.4 is 16.3 Å². The molecule has 1 fully saturated rings. The molecular formula is C11H11F3N4O3S. The second-order valence-corrected chi connectivity index (χ2v) is 6.06. The summed E-state index contributed by atoms with van der Waals surface area (Å²) >= 11 is 0.904. The first kappa shape index (κ1) is 16.3. The minimum absolute atomic E-state index is 0.0453. The fourth-order valence-corrected chi connectivity index (χ4v) is 2.92. The van der Waals surface area contributed by atoms with Crippen LogP contribution in [-0.2, 0) is 15.8 Å². The van der Waals surface area contributed by atoms with Crippen molar-refractivity contribution in [1.82, 2.24) is 9.66 Å². The Kier molecular flexibility index (Phi) is 4.18. The number of hydrogen-bond acceptors (Lipinski definition) is 6. The van der Waals surface area contributed by atoms with E-state index in [4.69, 9.17) is 5.84 Å². The Bertz CT molecular complexity index is 688. The fraction of sp³-hybridized carbons (Fsp3) is 0.455. The van der Waals surface area contributed by atoms with Crippen molar-refractivity contribution in [2.45, 2.75) is 24.8 Å². The number of nitrogens with two attached hydrogens (primary N) is 1. The average Bonchev–Trinajstić information content (AvgIpc) is 2.71. The number of nitrogens with zero attached hydrogens (tertiary/aromatic N) is 3. The lowest BCUT2D eigenvalue weighted by Crippen LogP contribution is -2.38. The van der Waals surface area contributed by atoms with Crippen molar-refractivity contribution in [2.24, 2.45) is 0 Å². The zero-order valence-electron chi connectivity index (χ0n) is 11.3. The molecule has 1 atom stereocenters. The zero-order valence-corrected chi connectivity index (χ0v) is 12.1. The largest absolute Gasteiger partial charge is 0.433 e. The molecule has 120 valence electrons. The molecule has 0 aliphatic carbocycles. The Balaban J connectivity index is 2.40. The van der Waals surface area contributed by atoms with E-state index in [1.54, 1.807) is 0 Å². The summed E-state index contributed by atoms with van der Waals surface area (Å²) in [6.45, 7) is 1.27. The van der Waals surface area contributed by atoms with Gasteiger partial charge in [-0.05, 0) is 0 Å². The van der Waals surface area contributed by atoms with Crippen molar-refractivity contribution in [3.8, 4) is 0 Å². The lowest BCUT2D eigenvalue weighted by molar-refractivity contribution is -0.141. The number of hydrogen-bond donors (Lipinski definition) is 1. The summed E-state index contributed by atoms with van der Waals surface area (Å²) in [7, 11) is 0. The van der Waals surface area contributed by atoms with Crippen LogP contribution >= 0.6 is 11.8 Å². The third-order valence-electron chi connectivity index (χ3n) is 2.89. The van der Waals surface area contributed by atoms with Gasteiger partial charge in [0.1, 0.15) is 0 Å². The third kappa shape index (κ3) is 3.24. The number of nitrogen functional groups attached to an aromatic ring is 1. The first-order valence-electron chi connectivity index (χ1n) is 6.03. The standard InChI is InChI=1S/C11H11F3N4O3S/c1-5(19)22-6-2-8(20)17(4-6)10-16-7(11(12,13)14)3-9(21)18(10)15/h3,6H,2,4,15H2,1H3. The van der Waals surface area contributed by atoms with Gasteiger partial charge in [-0.3, -0.25) is 19.3 Å². The molecule has 1 aromatic heterocycles. The summed E-state index contributed by atoms with van der Waals surface area (Å²) in [5.74, 6) is 4.25. The van der Waals surface area contributed by atoms with Gasteiger partial charge in [-0.1, -0.05) is 11.8 Å². The molecule has 2 heterocycles. The van der Waals surface area contributed by atoms with Gasteiger partial charge in [0.25, 0.3) is 5.56 Å². The molecule has 1 amide bonds. The molecule has 0 radical (unpaired) electrons. The van der Waals surface area contributed by atoms with Gasteiger partial charge in [-0.25, -0.2) is 4.98 Å². The van der Waals surface area contributed by atoms with E-state index < -0.39 is 34.5 Å². The van der Waals surface area contributed by atoms with Crippen LogP contribution in [0.3, 0.4) is 0 Å². The highest BCUT2D eigenvalue weighted by Gasteiger charge is 2.38. The number of amides is 1. The smallest absolute Gasteiger partial charge is 0.333 e. The third-order valence-corrected chi connectivity index (χ3v) is 3.87. The zero-order chi connectivity index (χ0) is 16.7. The summed E-state index contributed by atoms with van der Waals surface area (Å²) in [6, 6.07) is 0.256. The second kappa shape index (κ2) is 5.63.